The molecule has 1 radical (unpaired) electrons. The summed E-state index contributed by atoms with van der Waals surface area (Å²) in [5.74, 6) is 0. The van der Waals surface area contributed by atoms with Crippen LogP contribution < -0.4 is 0 Å². The molecule has 0 rings (SSSR count). The van der Waals surface area contributed by atoms with Crippen molar-refractivity contribution in [1.82, 2.24) is 0 Å². The summed E-state index contributed by atoms with van der Waals surface area (Å²) in [5, 5.41) is 0. The molecule has 0 fully saturated rings. The van der Waals surface area contributed by atoms with Gasteiger partial charge < -0.3 is 4.43 Å². The van der Waals surface area contributed by atoms with Gasteiger partial charge in [-0.3, -0.25) is 0 Å². The summed E-state index contributed by atoms with van der Waals surface area (Å²) in [5.41, 5.74) is 1.07. The van der Waals surface area contributed by atoms with Crippen molar-refractivity contribution in [3.8, 4) is 0 Å². The molecular weight excluding hydrogens is 92.1 g/mol. The van der Waals surface area contributed by atoms with E-state index >= 15 is 0 Å². The Balaban J connectivity index is 2.83. The van der Waals surface area contributed by atoms with Crippen molar-refractivity contribution in [2.45, 2.75) is 6.92 Å². The normalized spacial score (nSPS) is 8.33. The van der Waals surface area contributed by atoms with Crippen molar-refractivity contribution < 1.29 is 4.43 Å². The molecular formula is C4H9OSi. The van der Waals surface area contributed by atoms with Gasteiger partial charge in [0.05, 0.1) is 6.61 Å². The van der Waals surface area contributed by atoms with E-state index in [4.69, 9.17) is 4.43 Å². The molecule has 6 heavy (non-hydrogen) atoms. The van der Waals surface area contributed by atoms with Crippen LogP contribution in [0.4, 0.5) is 0 Å². The van der Waals surface area contributed by atoms with Crippen molar-refractivity contribution in [3.63, 3.8) is 0 Å². The Kier molecular flexibility index (Phi) is 3.08. The molecule has 35 valence electrons. The molecule has 0 aromatic carbocycles. The maximum atomic E-state index is 4.73. The van der Waals surface area contributed by atoms with E-state index in [9.17, 15) is 0 Å². The number of rotatable bonds is 2. The standard InChI is InChI=1S/C4H9OSi/c1-4(2)3-5-6/h1,3,6H2,2H3. The van der Waals surface area contributed by atoms with Crippen LogP contribution in [0.25, 0.3) is 0 Å². The monoisotopic (exact) mass is 101 g/mol. The predicted molar refractivity (Wildman–Crippen MR) is 29.3 cm³/mol. The Morgan fingerprint density at radius 3 is 2.50 bits per heavy atom. The molecule has 0 unspecified atom stereocenters. The van der Waals surface area contributed by atoms with E-state index in [0.717, 1.165) is 5.57 Å². The average Bonchev–Trinajstić information content (AvgIpc) is 1.35. The highest BCUT2D eigenvalue weighted by molar-refractivity contribution is 5.98. The minimum atomic E-state index is 0.693. The Morgan fingerprint density at radius 1 is 2.00 bits per heavy atom. The lowest BCUT2D eigenvalue weighted by Gasteiger charge is -1.91. The second-order valence-electron chi connectivity index (χ2n) is 1.31. The molecule has 0 aromatic heterocycles. The fourth-order valence-corrected chi connectivity index (χ4v) is 0.523. The van der Waals surface area contributed by atoms with E-state index in [0.29, 0.717) is 6.61 Å². The van der Waals surface area contributed by atoms with E-state index in [1.807, 2.05) is 6.92 Å². The Labute approximate surface area is 41.6 Å². The highest BCUT2D eigenvalue weighted by atomic mass is 28.2. The molecule has 0 aliphatic rings. The van der Waals surface area contributed by atoms with Gasteiger partial charge in [-0.1, -0.05) is 12.2 Å². The van der Waals surface area contributed by atoms with Crippen LogP contribution in [0.15, 0.2) is 12.2 Å². The van der Waals surface area contributed by atoms with Crippen molar-refractivity contribution in [1.29, 1.82) is 0 Å². The third-order valence-electron chi connectivity index (χ3n) is 0.348. The first kappa shape index (κ1) is 5.92. The fraction of sp³-hybridized carbons (Fsp3) is 0.500. The minimum absolute atomic E-state index is 0.693. The zero-order chi connectivity index (χ0) is 4.99. The quantitative estimate of drug-likeness (QED) is 0.355. The second kappa shape index (κ2) is 3.12. The van der Waals surface area contributed by atoms with Crippen LogP contribution in [0.5, 0.6) is 0 Å². The van der Waals surface area contributed by atoms with Gasteiger partial charge in [-0.15, -0.1) is 0 Å². The van der Waals surface area contributed by atoms with Crippen molar-refractivity contribution in [2.24, 2.45) is 0 Å². The van der Waals surface area contributed by atoms with Crippen LogP contribution in [-0.2, 0) is 4.43 Å². The predicted octanol–water partition coefficient (Wildman–Crippen LogP) is 0.127. The summed E-state index contributed by atoms with van der Waals surface area (Å²) in [6.45, 7) is 6.26. The largest absolute Gasteiger partial charge is 0.421 e. The van der Waals surface area contributed by atoms with Gasteiger partial charge in [-0.25, -0.2) is 0 Å². The maximum absolute atomic E-state index is 4.73. The second-order valence-corrected chi connectivity index (χ2v) is 1.71. The Morgan fingerprint density at radius 2 is 2.50 bits per heavy atom. The first-order valence-electron chi connectivity index (χ1n) is 1.78. The van der Waals surface area contributed by atoms with Gasteiger partial charge in [0.25, 0.3) is 0 Å². The molecule has 0 saturated carbocycles. The number of hydrogen-bond donors (Lipinski definition) is 0. The molecule has 0 amide bonds. The SMILES string of the molecule is C=C(C)CO[SiH2]. The molecule has 2 heteroatoms. The summed E-state index contributed by atoms with van der Waals surface area (Å²) in [6.07, 6.45) is 0. The third kappa shape index (κ3) is 3.92. The van der Waals surface area contributed by atoms with E-state index < -0.39 is 0 Å². The van der Waals surface area contributed by atoms with Crippen LogP contribution in [0.1, 0.15) is 6.92 Å². The summed E-state index contributed by atoms with van der Waals surface area (Å²) >= 11 is 0. The molecule has 0 saturated heterocycles. The molecule has 0 bridgehead atoms. The topological polar surface area (TPSA) is 9.23 Å². The fourth-order valence-electron chi connectivity index (χ4n) is 0.174. The number of hydrogen-bond acceptors (Lipinski definition) is 1. The Bertz CT molecular complexity index is 51.5. The van der Waals surface area contributed by atoms with Crippen LogP contribution in [-0.4, -0.2) is 17.1 Å². The van der Waals surface area contributed by atoms with Gasteiger partial charge in [0.1, 0.15) is 0 Å². The van der Waals surface area contributed by atoms with E-state index in [-0.39, 0.29) is 0 Å². The third-order valence-corrected chi connectivity index (χ3v) is 0.553. The summed E-state index contributed by atoms with van der Waals surface area (Å²) < 4.78 is 4.73. The van der Waals surface area contributed by atoms with E-state index in [1.165, 1.54) is 10.5 Å². The van der Waals surface area contributed by atoms with Crippen LogP contribution in [0, 0.1) is 0 Å². The molecule has 0 heterocycles. The molecule has 0 aliphatic heterocycles. The van der Waals surface area contributed by atoms with Crippen LogP contribution >= 0.6 is 0 Å². The lowest BCUT2D eigenvalue weighted by atomic mass is 10.4. The average molecular weight is 101 g/mol. The van der Waals surface area contributed by atoms with Crippen LogP contribution in [0.3, 0.4) is 0 Å². The first-order chi connectivity index (χ1) is 2.77. The van der Waals surface area contributed by atoms with Crippen molar-refractivity contribution >= 4 is 10.5 Å². The van der Waals surface area contributed by atoms with Gasteiger partial charge in [-0.05, 0) is 6.92 Å². The highest BCUT2D eigenvalue weighted by Crippen LogP contribution is 1.82. The maximum Gasteiger partial charge on any atom is 0.175 e. The summed E-state index contributed by atoms with van der Waals surface area (Å²) in [6, 6.07) is 0. The van der Waals surface area contributed by atoms with E-state index in [1.54, 1.807) is 0 Å². The first-order valence-corrected chi connectivity index (χ1v) is 2.36. The molecule has 0 aliphatic carbocycles. The molecule has 0 aromatic rings. The molecule has 1 nitrogen and oxygen atoms in total. The lowest BCUT2D eigenvalue weighted by Crippen LogP contribution is -1.87. The minimum Gasteiger partial charge on any atom is -0.421 e. The van der Waals surface area contributed by atoms with Crippen molar-refractivity contribution in [3.05, 3.63) is 12.2 Å². The van der Waals surface area contributed by atoms with Gasteiger partial charge >= 0.3 is 0 Å². The lowest BCUT2D eigenvalue weighted by molar-refractivity contribution is 0.389. The van der Waals surface area contributed by atoms with E-state index in [2.05, 4.69) is 6.58 Å². The van der Waals surface area contributed by atoms with Crippen molar-refractivity contribution in [2.75, 3.05) is 6.61 Å². The van der Waals surface area contributed by atoms with Gasteiger partial charge in [0.2, 0.25) is 0 Å². The van der Waals surface area contributed by atoms with Gasteiger partial charge in [0.15, 0.2) is 10.5 Å². The Hall–Kier alpha value is -0.0831. The van der Waals surface area contributed by atoms with Gasteiger partial charge in [-0.2, -0.15) is 0 Å². The smallest absolute Gasteiger partial charge is 0.175 e. The molecule has 0 N–H and O–H groups in total. The zero-order valence-corrected chi connectivity index (χ0v) is 5.44. The van der Waals surface area contributed by atoms with Gasteiger partial charge in [0, 0.05) is 0 Å². The summed E-state index contributed by atoms with van der Waals surface area (Å²) in [4.78, 5) is 0. The highest BCUT2D eigenvalue weighted by Gasteiger charge is 1.75. The molecule has 0 atom stereocenters. The molecule has 0 spiro atoms. The zero-order valence-electron chi connectivity index (χ0n) is 4.03. The summed E-state index contributed by atoms with van der Waals surface area (Å²) in [7, 11) is 1.49. The van der Waals surface area contributed by atoms with Crippen LogP contribution in [0.2, 0.25) is 0 Å².